The second-order valence-corrected chi connectivity index (χ2v) is 7.93. The van der Waals surface area contributed by atoms with Crippen LogP contribution < -0.4 is 10.1 Å². The van der Waals surface area contributed by atoms with E-state index in [1.54, 1.807) is 4.90 Å². The number of carbonyl (C=O) groups excluding carboxylic acids is 1. The minimum Gasteiger partial charge on any atom is -0.507 e. The molecule has 3 aliphatic rings. The molecule has 0 radical (unpaired) electrons. The minimum atomic E-state index is -1.52. The van der Waals surface area contributed by atoms with Crippen molar-refractivity contribution in [2.45, 2.75) is 42.8 Å². The molecule has 29 heavy (non-hydrogen) atoms. The smallest absolute Gasteiger partial charge is 0.455 e. The van der Waals surface area contributed by atoms with E-state index in [4.69, 9.17) is 4.74 Å². The van der Waals surface area contributed by atoms with Crippen molar-refractivity contribution in [1.29, 1.82) is 0 Å². The Balaban J connectivity index is 1.41. The first-order valence-electron chi connectivity index (χ1n) is 9.58. The lowest BCUT2D eigenvalue weighted by molar-refractivity contribution is -0.142. The molecule has 1 aliphatic carbocycles. The second-order valence-electron chi connectivity index (χ2n) is 7.93. The molecule has 156 valence electrons. The van der Waals surface area contributed by atoms with E-state index in [9.17, 15) is 35.0 Å². The van der Waals surface area contributed by atoms with Crippen molar-refractivity contribution in [3.8, 4) is 11.5 Å². The van der Waals surface area contributed by atoms with Gasteiger partial charge in [-0.3, -0.25) is 4.79 Å². The molecule has 0 unspecified atom stereocenters. The van der Waals surface area contributed by atoms with Crippen LogP contribution in [0.25, 0.3) is 0 Å². The van der Waals surface area contributed by atoms with E-state index in [0.29, 0.717) is 24.9 Å². The van der Waals surface area contributed by atoms with Crippen LogP contribution in [0.15, 0.2) is 12.1 Å². The van der Waals surface area contributed by atoms with E-state index < -0.39 is 42.9 Å². The van der Waals surface area contributed by atoms with Gasteiger partial charge >= 0.3 is 13.1 Å². The summed E-state index contributed by atoms with van der Waals surface area (Å²) in [4.78, 5) is 25.6. The number of carboxylic acids is 1. The highest BCUT2D eigenvalue weighted by Crippen LogP contribution is 2.56. The van der Waals surface area contributed by atoms with Crippen molar-refractivity contribution in [1.82, 2.24) is 10.2 Å². The molecule has 2 aliphatic heterocycles. The lowest BCUT2D eigenvalue weighted by Gasteiger charge is -2.40. The first-order valence-corrected chi connectivity index (χ1v) is 9.58. The van der Waals surface area contributed by atoms with Crippen molar-refractivity contribution in [3.05, 3.63) is 23.3 Å². The number of rotatable bonds is 6. The highest BCUT2D eigenvalue weighted by molar-refractivity contribution is 6.44. The third-order valence-corrected chi connectivity index (χ3v) is 5.87. The van der Waals surface area contributed by atoms with Crippen LogP contribution in [0.1, 0.15) is 34.7 Å². The van der Waals surface area contributed by atoms with E-state index in [2.05, 4.69) is 5.32 Å². The van der Waals surface area contributed by atoms with E-state index >= 15 is 0 Å². The van der Waals surface area contributed by atoms with Crippen LogP contribution in [0.3, 0.4) is 0 Å². The Labute approximate surface area is 166 Å². The number of likely N-dealkylation sites (tertiary alicyclic amines) is 1. The van der Waals surface area contributed by atoms with Crippen LogP contribution in [0.2, 0.25) is 5.82 Å². The molecule has 3 fully saturated rings. The summed E-state index contributed by atoms with van der Waals surface area (Å²) in [6, 6.07) is 2.57. The molecule has 0 aromatic heterocycles. The molecule has 1 aromatic carbocycles. The number of ether oxygens (including phenoxy) is 1. The molecule has 2 saturated heterocycles. The van der Waals surface area contributed by atoms with Crippen LogP contribution in [0.4, 0.5) is 0 Å². The number of β-amino-alcohol motifs (C(OH)–C–C–N with tert-alkyl or cyclic N) is 1. The Bertz CT molecular complexity index is 828. The number of aliphatic hydroxyl groups is 1. The van der Waals surface area contributed by atoms with Crippen LogP contribution in [-0.2, 0) is 4.79 Å². The average molecular weight is 406 g/mol. The van der Waals surface area contributed by atoms with Gasteiger partial charge in [-0.1, -0.05) is 6.07 Å². The monoisotopic (exact) mass is 406 g/mol. The van der Waals surface area contributed by atoms with E-state index in [1.807, 2.05) is 0 Å². The maximum Gasteiger partial charge on any atom is 0.455 e. The number of aromatic hydroxyl groups is 1. The Kier molecular flexibility index (Phi) is 5.15. The zero-order valence-electron chi connectivity index (χ0n) is 15.6. The Morgan fingerprint density at radius 2 is 1.93 bits per heavy atom. The molecule has 0 spiro atoms. The lowest BCUT2D eigenvalue weighted by Crippen LogP contribution is -2.59. The summed E-state index contributed by atoms with van der Waals surface area (Å²) < 4.78 is 5.71. The third-order valence-electron chi connectivity index (χ3n) is 5.87. The minimum absolute atomic E-state index is 0.00649. The third kappa shape index (κ3) is 3.78. The van der Waals surface area contributed by atoms with E-state index in [0.717, 1.165) is 0 Å². The molecule has 11 heteroatoms. The van der Waals surface area contributed by atoms with Gasteiger partial charge in [-0.25, -0.2) is 4.79 Å². The van der Waals surface area contributed by atoms with Crippen LogP contribution >= 0.6 is 0 Å². The predicted molar refractivity (Wildman–Crippen MR) is 99.8 cm³/mol. The molecular formula is C18H23BN2O8. The number of aliphatic hydroxyl groups excluding tert-OH is 1. The number of nitrogens with zero attached hydrogens (tertiary/aromatic N) is 1. The summed E-state index contributed by atoms with van der Waals surface area (Å²) in [7, 11) is -1.52. The van der Waals surface area contributed by atoms with Crippen molar-refractivity contribution in [3.63, 3.8) is 0 Å². The zero-order valence-corrected chi connectivity index (χ0v) is 15.6. The maximum atomic E-state index is 12.3. The summed E-state index contributed by atoms with van der Waals surface area (Å²) >= 11 is 0. The Morgan fingerprint density at radius 3 is 2.48 bits per heavy atom. The maximum absolute atomic E-state index is 12.3. The first-order chi connectivity index (χ1) is 13.8. The SMILES string of the molecule is O=C(O)c1c(OC2CN(C(=O)[C@H]3C[C@@H](O)CN3)C2)ccc([C@H]2C[C@H]2B(O)O)c1O. The summed E-state index contributed by atoms with van der Waals surface area (Å²) in [5, 5.41) is 51.0. The predicted octanol–water partition coefficient (Wildman–Crippen LogP) is -1.27. The molecule has 10 nitrogen and oxygen atoms in total. The fourth-order valence-corrected chi connectivity index (χ4v) is 4.09. The van der Waals surface area contributed by atoms with Gasteiger partial charge in [-0.2, -0.15) is 0 Å². The normalized spacial score (nSPS) is 28.7. The number of benzene rings is 1. The summed E-state index contributed by atoms with van der Waals surface area (Å²) in [5.41, 5.74) is -0.0185. The zero-order chi connectivity index (χ0) is 20.9. The fourth-order valence-electron chi connectivity index (χ4n) is 4.09. The summed E-state index contributed by atoms with van der Waals surface area (Å²) in [5.74, 6) is -2.64. The van der Waals surface area contributed by atoms with Gasteiger partial charge in [0, 0.05) is 12.4 Å². The Morgan fingerprint density at radius 1 is 1.21 bits per heavy atom. The van der Waals surface area contributed by atoms with Gasteiger partial charge in [-0.15, -0.1) is 0 Å². The molecule has 1 aromatic rings. The standard InChI is InChI=1S/C18H23BN2O8/c22-8-3-13(20-5-8)17(24)21-6-9(7-21)29-14-2-1-10(11-4-12(11)19(27)28)16(23)15(14)18(25)26/h1-2,8-9,11-13,20,22-23,27-28H,3-7H2,(H,25,26)/t8-,11-,12-,13-/m1/s1. The van der Waals surface area contributed by atoms with Gasteiger partial charge < -0.3 is 40.3 Å². The van der Waals surface area contributed by atoms with Gasteiger partial charge in [0.2, 0.25) is 5.91 Å². The van der Waals surface area contributed by atoms with Crippen molar-refractivity contribution < 1.29 is 39.7 Å². The van der Waals surface area contributed by atoms with Crippen LogP contribution in [0.5, 0.6) is 11.5 Å². The fraction of sp³-hybridized carbons (Fsp3) is 0.556. The second kappa shape index (κ2) is 7.49. The molecule has 4 rings (SSSR count). The molecule has 1 amide bonds. The summed E-state index contributed by atoms with van der Waals surface area (Å²) in [6.07, 6.45) is -0.116. The molecule has 1 saturated carbocycles. The topological polar surface area (TPSA) is 160 Å². The van der Waals surface area contributed by atoms with Gasteiger partial charge in [-0.05, 0) is 30.4 Å². The number of carbonyl (C=O) groups is 2. The Hall–Kier alpha value is -2.34. The highest BCUT2D eigenvalue weighted by Gasteiger charge is 2.48. The number of nitrogens with one attached hydrogen (secondary N) is 1. The van der Waals surface area contributed by atoms with E-state index in [1.165, 1.54) is 12.1 Å². The first kappa shape index (κ1) is 20.0. The van der Waals surface area contributed by atoms with E-state index in [-0.39, 0.29) is 36.2 Å². The number of aromatic carboxylic acids is 1. The molecule has 6 N–H and O–H groups in total. The van der Waals surface area contributed by atoms with Gasteiger partial charge in [0.05, 0.1) is 25.2 Å². The van der Waals surface area contributed by atoms with Crippen LogP contribution in [0, 0.1) is 0 Å². The number of amides is 1. The number of hydrogen-bond donors (Lipinski definition) is 6. The molecule has 4 atom stereocenters. The molecule has 2 heterocycles. The average Bonchev–Trinajstić information content (AvgIpc) is 3.30. The highest BCUT2D eigenvalue weighted by atomic mass is 16.5. The molecule has 0 bridgehead atoms. The quantitative estimate of drug-likeness (QED) is 0.317. The van der Waals surface area contributed by atoms with Gasteiger partial charge in [0.1, 0.15) is 23.2 Å². The largest absolute Gasteiger partial charge is 0.507 e. The van der Waals surface area contributed by atoms with Crippen molar-refractivity contribution in [2.24, 2.45) is 0 Å². The van der Waals surface area contributed by atoms with Crippen molar-refractivity contribution >= 4 is 19.0 Å². The molecular weight excluding hydrogens is 383 g/mol. The number of hydrogen-bond acceptors (Lipinski definition) is 8. The lowest BCUT2D eigenvalue weighted by atomic mass is 9.81. The van der Waals surface area contributed by atoms with Gasteiger partial charge in [0.25, 0.3) is 0 Å². The summed E-state index contributed by atoms with van der Waals surface area (Å²) in [6.45, 7) is 0.957. The van der Waals surface area contributed by atoms with Gasteiger partial charge in [0.15, 0.2) is 0 Å². The van der Waals surface area contributed by atoms with Crippen LogP contribution in [-0.4, -0.2) is 87.1 Å². The number of phenols is 1. The van der Waals surface area contributed by atoms with Crippen molar-refractivity contribution in [2.75, 3.05) is 19.6 Å². The number of carboxylic acid groups (broad SMARTS) is 1.